The minimum atomic E-state index is -3.69. The molecule has 1 aromatic heterocycles. The smallest absolute Gasteiger partial charge is 0.247 e. The van der Waals surface area contributed by atoms with Crippen molar-refractivity contribution in [2.45, 2.75) is 37.6 Å². The minimum Gasteiger partial charge on any atom is -0.497 e. The summed E-state index contributed by atoms with van der Waals surface area (Å²) in [4.78, 5) is 0.165. The van der Waals surface area contributed by atoms with Crippen molar-refractivity contribution in [2.24, 2.45) is 0 Å². The summed E-state index contributed by atoms with van der Waals surface area (Å²) in [6.45, 7) is 6.41. The third-order valence-corrected chi connectivity index (χ3v) is 6.41. The normalized spacial score (nSPS) is 12.3. The lowest BCUT2D eigenvalue weighted by molar-refractivity contribution is 0.399. The van der Waals surface area contributed by atoms with Gasteiger partial charge in [-0.2, -0.15) is 4.31 Å². The maximum absolute atomic E-state index is 12.7. The zero-order chi connectivity index (χ0) is 21.2. The lowest BCUT2D eigenvalue weighted by Gasteiger charge is -2.18. The van der Waals surface area contributed by atoms with Gasteiger partial charge in [0.25, 0.3) is 0 Å². The molecule has 0 saturated carbocycles. The molecule has 0 fully saturated rings. The molecule has 2 aromatic carbocycles. The maximum atomic E-state index is 12.7. The van der Waals surface area contributed by atoms with Gasteiger partial charge in [-0.05, 0) is 47.4 Å². The molecule has 0 spiro atoms. The Morgan fingerprint density at radius 3 is 2.17 bits per heavy atom. The van der Waals surface area contributed by atoms with E-state index in [4.69, 9.17) is 9.15 Å². The first kappa shape index (κ1) is 21.0. The van der Waals surface area contributed by atoms with Crippen LogP contribution in [0.1, 0.15) is 32.2 Å². The van der Waals surface area contributed by atoms with Crippen LogP contribution < -0.4 is 4.74 Å². The molecule has 154 valence electrons. The average molecular weight is 416 g/mol. The van der Waals surface area contributed by atoms with Crippen LogP contribution in [0.2, 0.25) is 0 Å². The number of ether oxygens (including phenoxy) is 1. The van der Waals surface area contributed by atoms with Crippen LogP contribution in [0.4, 0.5) is 0 Å². The summed E-state index contributed by atoms with van der Waals surface area (Å²) in [6.07, 6.45) is 0. The number of methoxy groups -OCH3 is 1. The maximum Gasteiger partial charge on any atom is 0.247 e. The molecule has 0 aliphatic rings. The molecule has 0 bridgehead atoms. The highest BCUT2D eigenvalue weighted by Crippen LogP contribution is 2.26. The van der Waals surface area contributed by atoms with Crippen molar-refractivity contribution in [1.29, 1.82) is 0 Å². The molecule has 8 heteroatoms. The molecule has 3 rings (SSSR count). The van der Waals surface area contributed by atoms with Gasteiger partial charge < -0.3 is 9.15 Å². The van der Waals surface area contributed by atoms with Crippen molar-refractivity contribution >= 4 is 10.0 Å². The Morgan fingerprint density at radius 1 is 1.00 bits per heavy atom. The fraction of sp³-hybridized carbons (Fsp3) is 0.333. The Hall–Kier alpha value is -2.71. The molecule has 0 atom stereocenters. The van der Waals surface area contributed by atoms with Gasteiger partial charge in [-0.25, -0.2) is 8.42 Å². The van der Waals surface area contributed by atoms with E-state index in [1.54, 1.807) is 12.1 Å². The monoisotopic (exact) mass is 415 g/mol. The topological polar surface area (TPSA) is 85.5 Å². The van der Waals surface area contributed by atoms with E-state index in [0.717, 1.165) is 5.56 Å². The first-order chi connectivity index (χ1) is 13.6. The zero-order valence-electron chi connectivity index (χ0n) is 17.2. The quantitative estimate of drug-likeness (QED) is 0.608. The summed E-state index contributed by atoms with van der Waals surface area (Å²) < 4.78 is 37.4. The molecule has 0 amide bonds. The van der Waals surface area contributed by atoms with E-state index in [9.17, 15) is 8.42 Å². The number of benzene rings is 2. The van der Waals surface area contributed by atoms with E-state index in [2.05, 4.69) is 31.0 Å². The van der Waals surface area contributed by atoms with Gasteiger partial charge in [-0.3, -0.25) is 0 Å². The first-order valence-corrected chi connectivity index (χ1v) is 10.6. The van der Waals surface area contributed by atoms with Crippen LogP contribution in [-0.4, -0.2) is 37.1 Å². The van der Waals surface area contributed by atoms with Gasteiger partial charge in [0.1, 0.15) is 5.75 Å². The zero-order valence-corrected chi connectivity index (χ0v) is 18.0. The van der Waals surface area contributed by atoms with Crippen LogP contribution in [0.15, 0.2) is 57.8 Å². The van der Waals surface area contributed by atoms with E-state index < -0.39 is 10.0 Å². The summed E-state index contributed by atoms with van der Waals surface area (Å²) in [5.74, 6) is 1.17. The third-order valence-electron chi connectivity index (χ3n) is 4.59. The summed E-state index contributed by atoms with van der Waals surface area (Å²) >= 11 is 0. The van der Waals surface area contributed by atoms with Crippen molar-refractivity contribution in [3.8, 4) is 17.2 Å². The fourth-order valence-corrected chi connectivity index (χ4v) is 3.87. The molecular formula is C21H25N3O4S. The van der Waals surface area contributed by atoms with Crippen LogP contribution in [0, 0.1) is 0 Å². The van der Waals surface area contributed by atoms with E-state index >= 15 is 0 Å². The molecule has 0 aliphatic carbocycles. The van der Waals surface area contributed by atoms with E-state index in [-0.39, 0.29) is 22.7 Å². The number of rotatable bonds is 6. The van der Waals surface area contributed by atoms with Crippen LogP contribution in [0.25, 0.3) is 11.5 Å². The van der Waals surface area contributed by atoms with Crippen LogP contribution in [0.5, 0.6) is 5.75 Å². The summed E-state index contributed by atoms with van der Waals surface area (Å²) in [6, 6.07) is 14.1. The van der Waals surface area contributed by atoms with Gasteiger partial charge in [0.15, 0.2) is 0 Å². The van der Waals surface area contributed by atoms with Gasteiger partial charge in [0.05, 0.1) is 18.6 Å². The Morgan fingerprint density at radius 2 is 1.62 bits per heavy atom. The molecule has 1 heterocycles. The molecular weight excluding hydrogens is 390 g/mol. The standard InChI is InChI=1S/C21H25N3O4S/c1-21(2,3)16-8-6-15(7-9-16)20-23-22-19(28-20)14-24(4)29(25,26)18-12-10-17(27-5)11-13-18/h6-13H,14H2,1-5H3. The molecule has 3 aromatic rings. The Kier molecular flexibility index (Phi) is 5.77. The molecule has 0 saturated heterocycles. The largest absolute Gasteiger partial charge is 0.497 e. The summed E-state index contributed by atoms with van der Waals surface area (Å²) in [5.41, 5.74) is 2.04. The lowest BCUT2D eigenvalue weighted by atomic mass is 9.87. The molecule has 29 heavy (non-hydrogen) atoms. The minimum absolute atomic E-state index is 0.0264. The molecule has 0 unspecified atom stereocenters. The fourth-order valence-electron chi connectivity index (χ4n) is 2.75. The van der Waals surface area contributed by atoms with E-state index in [1.807, 2.05) is 24.3 Å². The number of hydrogen-bond acceptors (Lipinski definition) is 6. The second-order valence-corrected chi connectivity index (χ2v) is 9.81. The van der Waals surface area contributed by atoms with Crippen molar-refractivity contribution in [3.05, 3.63) is 60.0 Å². The van der Waals surface area contributed by atoms with Gasteiger partial charge in [-0.1, -0.05) is 32.9 Å². The SMILES string of the molecule is COc1ccc(S(=O)(=O)N(C)Cc2nnc(-c3ccc(C(C)(C)C)cc3)o2)cc1. The van der Waals surface area contributed by atoms with Crippen LogP contribution in [-0.2, 0) is 22.0 Å². The van der Waals surface area contributed by atoms with Crippen molar-refractivity contribution in [3.63, 3.8) is 0 Å². The van der Waals surface area contributed by atoms with Gasteiger partial charge in [0.2, 0.25) is 21.8 Å². The Labute approximate surface area is 171 Å². The van der Waals surface area contributed by atoms with Crippen molar-refractivity contribution in [2.75, 3.05) is 14.2 Å². The van der Waals surface area contributed by atoms with Crippen LogP contribution >= 0.6 is 0 Å². The summed E-state index contributed by atoms with van der Waals surface area (Å²) in [7, 11) is -0.689. The van der Waals surface area contributed by atoms with E-state index in [1.165, 1.54) is 36.2 Å². The highest BCUT2D eigenvalue weighted by Gasteiger charge is 2.23. The lowest BCUT2D eigenvalue weighted by Crippen LogP contribution is -2.26. The second-order valence-electron chi connectivity index (χ2n) is 7.76. The predicted molar refractivity (Wildman–Crippen MR) is 110 cm³/mol. The Bertz CT molecular complexity index is 1070. The van der Waals surface area contributed by atoms with Crippen molar-refractivity contribution < 1.29 is 17.6 Å². The number of aromatic nitrogens is 2. The van der Waals surface area contributed by atoms with Gasteiger partial charge >= 0.3 is 0 Å². The highest BCUT2D eigenvalue weighted by atomic mass is 32.2. The van der Waals surface area contributed by atoms with Crippen LogP contribution in [0.3, 0.4) is 0 Å². The summed E-state index contributed by atoms with van der Waals surface area (Å²) in [5, 5.41) is 8.05. The Balaban J connectivity index is 1.75. The van der Waals surface area contributed by atoms with Gasteiger partial charge in [0, 0.05) is 12.6 Å². The number of nitrogens with zero attached hydrogens (tertiary/aromatic N) is 3. The van der Waals surface area contributed by atoms with E-state index in [0.29, 0.717) is 11.6 Å². The second kappa shape index (κ2) is 7.96. The average Bonchev–Trinajstić information content (AvgIpc) is 3.16. The third kappa shape index (κ3) is 4.65. The van der Waals surface area contributed by atoms with Gasteiger partial charge in [-0.15, -0.1) is 10.2 Å². The number of hydrogen-bond donors (Lipinski definition) is 0. The molecule has 0 N–H and O–H groups in total. The predicted octanol–water partition coefficient (Wildman–Crippen LogP) is 3.86. The molecule has 0 radical (unpaired) electrons. The first-order valence-electron chi connectivity index (χ1n) is 9.15. The highest BCUT2D eigenvalue weighted by molar-refractivity contribution is 7.89. The number of sulfonamides is 1. The molecule has 0 aliphatic heterocycles. The van der Waals surface area contributed by atoms with Crippen molar-refractivity contribution in [1.82, 2.24) is 14.5 Å². The molecule has 7 nitrogen and oxygen atoms in total.